The fourth-order valence-corrected chi connectivity index (χ4v) is 3.16. The summed E-state index contributed by atoms with van der Waals surface area (Å²) < 4.78 is 50.1. The van der Waals surface area contributed by atoms with Crippen molar-refractivity contribution in [3.63, 3.8) is 0 Å². The van der Waals surface area contributed by atoms with Crippen LogP contribution < -0.4 is 10.6 Å². The van der Waals surface area contributed by atoms with Crippen LogP contribution in [-0.4, -0.2) is 40.8 Å². The number of hydrogen-bond donors (Lipinski definition) is 2. The van der Waals surface area contributed by atoms with E-state index in [4.69, 9.17) is 0 Å². The Morgan fingerprint density at radius 3 is 2.04 bits per heavy atom. The minimum atomic E-state index is -3.20. The summed E-state index contributed by atoms with van der Waals surface area (Å²) in [5, 5.41) is 6.13. The molecule has 0 atom stereocenters. The number of benzene rings is 2. The number of guanidine groups is 1. The Morgan fingerprint density at radius 1 is 0.963 bits per heavy atom. The average Bonchev–Trinajstić information content (AvgIpc) is 2.62. The van der Waals surface area contributed by atoms with E-state index in [1.807, 2.05) is 0 Å². The molecule has 0 fully saturated rings. The third-order valence-electron chi connectivity index (χ3n) is 4.01. The van der Waals surface area contributed by atoms with E-state index in [9.17, 15) is 17.2 Å². The second-order valence-electron chi connectivity index (χ2n) is 6.04. The fraction of sp³-hybridized carbons (Fsp3) is 0.316. The number of nitrogens with zero attached hydrogens (tertiary/aromatic N) is 1. The molecule has 0 radical (unpaired) electrons. The van der Waals surface area contributed by atoms with E-state index in [2.05, 4.69) is 15.6 Å². The van der Waals surface area contributed by atoms with Gasteiger partial charge in [-0.05, 0) is 42.7 Å². The first kappa shape index (κ1) is 20.8. The molecule has 0 unspecified atom stereocenters. The van der Waals surface area contributed by atoms with Crippen LogP contribution in [-0.2, 0) is 22.7 Å². The molecular formula is C19H23F2N3O2S. The predicted molar refractivity (Wildman–Crippen MR) is 103 cm³/mol. The summed E-state index contributed by atoms with van der Waals surface area (Å²) in [6.45, 7) is 0.909. The van der Waals surface area contributed by atoms with Crippen LogP contribution in [0.4, 0.5) is 8.78 Å². The summed E-state index contributed by atoms with van der Waals surface area (Å²) in [6.07, 6.45) is 2.05. The molecule has 146 valence electrons. The summed E-state index contributed by atoms with van der Waals surface area (Å²) >= 11 is 0. The first-order valence-electron chi connectivity index (χ1n) is 8.47. The molecule has 0 amide bonds. The van der Waals surface area contributed by atoms with Gasteiger partial charge in [-0.1, -0.05) is 18.2 Å². The molecule has 0 saturated heterocycles. The van der Waals surface area contributed by atoms with Crippen molar-refractivity contribution >= 4 is 15.8 Å². The molecule has 5 nitrogen and oxygen atoms in total. The van der Waals surface area contributed by atoms with Gasteiger partial charge in [-0.2, -0.15) is 0 Å². The Kier molecular flexibility index (Phi) is 7.29. The van der Waals surface area contributed by atoms with Crippen molar-refractivity contribution in [1.29, 1.82) is 0 Å². The molecule has 0 aromatic heterocycles. The molecule has 2 rings (SSSR count). The molecule has 2 N–H and O–H groups in total. The Bertz CT molecular complexity index is 877. The molecule has 0 heterocycles. The molecule has 0 aliphatic carbocycles. The number of nitrogens with one attached hydrogen (secondary N) is 2. The number of hydrogen-bond acceptors (Lipinski definition) is 3. The molecule has 2 aromatic rings. The number of aliphatic imine (C=N–C) groups is 1. The van der Waals surface area contributed by atoms with E-state index >= 15 is 0 Å². The molecule has 27 heavy (non-hydrogen) atoms. The molecule has 0 aliphatic rings. The summed E-state index contributed by atoms with van der Waals surface area (Å²) in [5.74, 6) is -0.589. The van der Waals surface area contributed by atoms with Crippen molar-refractivity contribution < 1.29 is 17.2 Å². The third kappa shape index (κ3) is 6.32. The fourth-order valence-electron chi connectivity index (χ4n) is 2.53. The van der Waals surface area contributed by atoms with E-state index in [0.717, 1.165) is 5.56 Å². The standard InChI is InChI=1S/C19H23F2N3O2S/c1-22-19(24-13-11-16-17(20)4-3-5-18(16)21)23-12-10-14-6-8-15(9-7-14)27(2,25)26/h3-9H,10-13H2,1-2H3,(H2,22,23,24). The molecule has 0 saturated carbocycles. The van der Waals surface area contributed by atoms with E-state index < -0.39 is 21.5 Å². The number of halogens is 2. The number of rotatable bonds is 7. The minimum absolute atomic E-state index is 0.0476. The van der Waals surface area contributed by atoms with Gasteiger partial charge >= 0.3 is 0 Å². The number of sulfone groups is 1. The smallest absolute Gasteiger partial charge is 0.190 e. The maximum atomic E-state index is 13.6. The maximum absolute atomic E-state index is 13.6. The molecular weight excluding hydrogens is 372 g/mol. The van der Waals surface area contributed by atoms with Crippen LogP contribution in [0.5, 0.6) is 0 Å². The topological polar surface area (TPSA) is 70.6 Å². The SMILES string of the molecule is CN=C(NCCc1ccc(S(C)(=O)=O)cc1)NCCc1c(F)cccc1F. The quantitative estimate of drug-likeness (QED) is 0.558. The van der Waals surface area contributed by atoms with Crippen molar-refractivity contribution in [2.75, 3.05) is 26.4 Å². The van der Waals surface area contributed by atoms with Crippen LogP contribution in [0, 0.1) is 11.6 Å². The van der Waals surface area contributed by atoms with Crippen molar-refractivity contribution in [2.45, 2.75) is 17.7 Å². The zero-order chi connectivity index (χ0) is 19.9. The lowest BCUT2D eigenvalue weighted by Crippen LogP contribution is -2.39. The zero-order valence-corrected chi connectivity index (χ0v) is 16.1. The van der Waals surface area contributed by atoms with Gasteiger partial charge in [0.1, 0.15) is 11.6 Å². The minimum Gasteiger partial charge on any atom is -0.356 e. The first-order chi connectivity index (χ1) is 12.8. The van der Waals surface area contributed by atoms with Crippen molar-refractivity contribution in [1.82, 2.24) is 10.6 Å². The van der Waals surface area contributed by atoms with Crippen LogP contribution in [0.3, 0.4) is 0 Å². The normalized spacial score (nSPS) is 12.1. The Morgan fingerprint density at radius 2 is 1.52 bits per heavy atom. The predicted octanol–water partition coefficient (Wildman–Crippen LogP) is 2.32. The lowest BCUT2D eigenvalue weighted by Gasteiger charge is -2.12. The van der Waals surface area contributed by atoms with Gasteiger partial charge in [-0.15, -0.1) is 0 Å². The summed E-state index contributed by atoms with van der Waals surface area (Å²) in [7, 11) is -1.58. The highest BCUT2D eigenvalue weighted by Gasteiger charge is 2.08. The van der Waals surface area contributed by atoms with Crippen LogP contribution in [0.15, 0.2) is 52.4 Å². The van der Waals surface area contributed by atoms with Gasteiger partial charge in [-0.3, -0.25) is 4.99 Å². The van der Waals surface area contributed by atoms with E-state index in [1.54, 1.807) is 31.3 Å². The van der Waals surface area contributed by atoms with Crippen molar-refractivity contribution in [3.05, 3.63) is 65.2 Å². The third-order valence-corrected chi connectivity index (χ3v) is 5.14. The highest BCUT2D eigenvalue weighted by molar-refractivity contribution is 7.90. The summed E-state index contributed by atoms with van der Waals surface area (Å²) in [5.41, 5.74) is 1.03. The van der Waals surface area contributed by atoms with Crippen LogP contribution in [0.1, 0.15) is 11.1 Å². The van der Waals surface area contributed by atoms with Gasteiger partial charge in [0, 0.05) is 32.0 Å². The highest BCUT2D eigenvalue weighted by Crippen LogP contribution is 2.12. The Hall–Kier alpha value is -2.48. The summed E-state index contributed by atoms with van der Waals surface area (Å²) in [6, 6.07) is 10.5. The van der Waals surface area contributed by atoms with Gasteiger partial charge in [0.15, 0.2) is 15.8 Å². The van der Waals surface area contributed by atoms with E-state index in [-0.39, 0.29) is 16.9 Å². The maximum Gasteiger partial charge on any atom is 0.190 e. The van der Waals surface area contributed by atoms with Gasteiger partial charge in [0.05, 0.1) is 4.90 Å². The monoisotopic (exact) mass is 395 g/mol. The molecule has 0 bridgehead atoms. The van der Waals surface area contributed by atoms with Crippen molar-refractivity contribution in [2.24, 2.45) is 4.99 Å². The average molecular weight is 395 g/mol. The molecule has 8 heteroatoms. The Labute approximate surface area is 158 Å². The second-order valence-corrected chi connectivity index (χ2v) is 8.06. The summed E-state index contributed by atoms with van der Waals surface area (Å²) in [4.78, 5) is 4.36. The first-order valence-corrected chi connectivity index (χ1v) is 10.4. The van der Waals surface area contributed by atoms with Crippen LogP contribution in [0.25, 0.3) is 0 Å². The molecule has 0 spiro atoms. The zero-order valence-electron chi connectivity index (χ0n) is 15.3. The van der Waals surface area contributed by atoms with Gasteiger partial charge in [0.2, 0.25) is 0 Å². The molecule has 2 aromatic carbocycles. The van der Waals surface area contributed by atoms with E-state index in [1.165, 1.54) is 24.5 Å². The van der Waals surface area contributed by atoms with Gasteiger partial charge < -0.3 is 10.6 Å². The van der Waals surface area contributed by atoms with Crippen LogP contribution in [0.2, 0.25) is 0 Å². The van der Waals surface area contributed by atoms with Gasteiger partial charge in [-0.25, -0.2) is 17.2 Å². The second kappa shape index (κ2) is 9.45. The lowest BCUT2D eigenvalue weighted by molar-refractivity contribution is 0.553. The van der Waals surface area contributed by atoms with Gasteiger partial charge in [0.25, 0.3) is 0 Å². The molecule has 0 aliphatic heterocycles. The highest BCUT2D eigenvalue weighted by atomic mass is 32.2. The largest absolute Gasteiger partial charge is 0.356 e. The van der Waals surface area contributed by atoms with E-state index in [0.29, 0.717) is 25.5 Å². The lowest BCUT2D eigenvalue weighted by atomic mass is 10.1. The van der Waals surface area contributed by atoms with Crippen LogP contribution >= 0.6 is 0 Å². The Balaban J connectivity index is 1.79. The van der Waals surface area contributed by atoms with Crippen molar-refractivity contribution in [3.8, 4) is 0 Å².